The van der Waals surface area contributed by atoms with Crippen molar-refractivity contribution in [2.24, 2.45) is 0 Å². The summed E-state index contributed by atoms with van der Waals surface area (Å²) in [5.41, 5.74) is 0.210. The molecule has 0 aromatic heterocycles. The fourth-order valence-electron chi connectivity index (χ4n) is 2.33. The van der Waals surface area contributed by atoms with Crippen LogP contribution in [0.4, 0.5) is 0 Å². The first-order chi connectivity index (χ1) is 9.97. The summed E-state index contributed by atoms with van der Waals surface area (Å²) in [7, 11) is 0. The van der Waals surface area contributed by atoms with Crippen LogP contribution in [0.25, 0.3) is 0 Å². The highest BCUT2D eigenvalue weighted by atomic mass is 16.5. The standard InChI is InChI=1S/C16H18O5/c1-10-5-3-2-4-6-12(17)7-11-8-13(18)9-14(19)15(11)16(20)21-10/h4,6,8-10,18-19H,2-3,5,7H2,1H3. The van der Waals surface area contributed by atoms with Crippen molar-refractivity contribution >= 4 is 11.8 Å². The van der Waals surface area contributed by atoms with Crippen LogP contribution < -0.4 is 0 Å². The first-order valence-corrected chi connectivity index (χ1v) is 6.92. The number of hydrogen-bond donors (Lipinski definition) is 2. The minimum atomic E-state index is -0.674. The van der Waals surface area contributed by atoms with E-state index in [0.717, 1.165) is 18.9 Å². The van der Waals surface area contributed by atoms with Crippen molar-refractivity contribution in [3.63, 3.8) is 0 Å². The Balaban J connectivity index is 2.44. The van der Waals surface area contributed by atoms with Crippen LogP contribution in [0.5, 0.6) is 11.5 Å². The largest absolute Gasteiger partial charge is 0.508 e. The third kappa shape index (κ3) is 3.84. The van der Waals surface area contributed by atoms with Crippen molar-refractivity contribution in [3.8, 4) is 11.5 Å². The van der Waals surface area contributed by atoms with Crippen LogP contribution in [0, 0.1) is 0 Å². The molecule has 0 saturated carbocycles. The highest BCUT2D eigenvalue weighted by Crippen LogP contribution is 2.29. The molecule has 1 aliphatic heterocycles. The molecule has 2 N–H and O–H groups in total. The molecule has 1 unspecified atom stereocenters. The van der Waals surface area contributed by atoms with Gasteiger partial charge in [0.1, 0.15) is 17.1 Å². The van der Waals surface area contributed by atoms with Crippen molar-refractivity contribution in [3.05, 3.63) is 35.4 Å². The molecule has 0 fully saturated rings. The smallest absolute Gasteiger partial charge is 0.342 e. The number of rotatable bonds is 0. The van der Waals surface area contributed by atoms with Crippen molar-refractivity contribution in [1.82, 2.24) is 0 Å². The quantitative estimate of drug-likeness (QED) is 0.717. The minimum absolute atomic E-state index is 0.0537. The Morgan fingerprint density at radius 1 is 1.24 bits per heavy atom. The summed E-state index contributed by atoms with van der Waals surface area (Å²) in [6.07, 6.45) is 5.15. The fraction of sp³-hybridized carbons (Fsp3) is 0.375. The third-order valence-corrected chi connectivity index (χ3v) is 3.35. The van der Waals surface area contributed by atoms with Crippen LogP contribution in [0.1, 0.15) is 42.1 Å². The molecule has 0 saturated heterocycles. The minimum Gasteiger partial charge on any atom is -0.508 e. The van der Waals surface area contributed by atoms with E-state index in [1.165, 1.54) is 12.1 Å². The maximum atomic E-state index is 12.2. The van der Waals surface area contributed by atoms with Crippen molar-refractivity contribution in [1.29, 1.82) is 0 Å². The Morgan fingerprint density at radius 2 is 2.00 bits per heavy atom. The topological polar surface area (TPSA) is 83.8 Å². The Bertz CT molecular complexity index is 589. The average Bonchev–Trinajstić information content (AvgIpc) is 2.35. The summed E-state index contributed by atoms with van der Waals surface area (Å²) in [4.78, 5) is 24.0. The van der Waals surface area contributed by atoms with Crippen LogP contribution in [0.2, 0.25) is 0 Å². The van der Waals surface area contributed by atoms with Crippen LogP contribution in [-0.4, -0.2) is 28.1 Å². The van der Waals surface area contributed by atoms with Gasteiger partial charge in [-0.2, -0.15) is 0 Å². The Kier molecular flexibility index (Phi) is 4.62. The van der Waals surface area contributed by atoms with E-state index in [1.54, 1.807) is 13.0 Å². The van der Waals surface area contributed by atoms with E-state index in [0.29, 0.717) is 6.42 Å². The van der Waals surface area contributed by atoms with Gasteiger partial charge in [0.25, 0.3) is 0 Å². The van der Waals surface area contributed by atoms with Crippen LogP contribution >= 0.6 is 0 Å². The lowest BCUT2D eigenvalue weighted by atomic mass is 9.99. The predicted molar refractivity (Wildman–Crippen MR) is 76.4 cm³/mol. The number of benzene rings is 1. The van der Waals surface area contributed by atoms with Crippen molar-refractivity contribution in [2.45, 2.75) is 38.7 Å². The van der Waals surface area contributed by atoms with E-state index in [-0.39, 0.29) is 40.9 Å². The van der Waals surface area contributed by atoms with Gasteiger partial charge in [0.05, 0.1) is 6.10 Å². The summed E-state index contributed by atoms with van der Waals surface area (Å²) in [6.45, 7) is 1.79. The number of esters is 1. The lowest BCUT2D eigenvalue weighted by Crippen LogP contribution is -2.18. The van der Waals surface area contributed by atoms with Gasteiger partial charge in [-0.05, 0) is 43.9 Å². The summed E-state index contributed by atoms with van der Waals surface area (Å²) in [5.74, 6) is -1.44. The van der Waals surface area contributed by atoms with Gasteiger partial charge in [-0.15, -0.1) is 0 Å². The molecule has 0 bridgehead atoms. The van der Waals surface area contributed by atoms with Gasteiger partial charge >= 0.3 is 5.97 Å². The number of fused-ring (bicyclic) bond motifs is 1. The number of phenols is 2. The van der Waals surface area contributed by atoms with Gasteiger partial charge < -0.3 is 14.9 Å². The molecule has 1 aliphatic rings. The van der Waals surface area contributed by atoms with Gasteiger partial charge in [0.15, 0.2) is 5.78 Å². The van der Waals surface area contributed by atoms with Gasteiger partial charge in [-0.25, -0.2) is 4.79 Å². The number of carbonyl (C=O) groups excluding carboxylic acids is 2. The third-order valence-electron chi connectivity index (χ3n) is 3.35. The van der Waals surface area contributed by atoms with Gasteiger partial charge in [0, 0.05) is 12.5 Å². The Morgan fingerprint density at radius 3 is 2.76 bits per heavy atom. The molecule has 0 radical (unpaired) electrons. The number of aromatic hydroxyl groups is 2. The zero-order valence-corrected chi connectivity index (χ0v) is 11.8. The summed E-state index contributed by atoms with van der Waals surface area (Å²) < 4.78 is 5.29. The molecule has 0 spiro atoms. The number of cyclic esters (lactones) is 1. The molecule has 21 heavy (non-hydrogen) atoms. The number of carbonyl (C=O) groups is 2. The van der Waals surface area contributed by atoms with E-state index in [1.807, 2.05) is 0 Å². The number of allylic oxidation sites excluding steroid dienone is 2. The Hall–Kier alpha value is -2.30. The number of ketones is 1. The van der Waals surface area contributed by atoms with E-state index in [2.05, 4.69) is 0 Å². The molecule has 1 aromatic rings. The van der Waals surface area contributed by atoms with E-state index < -0.39 is 5.97 Å². The van der Waals surface area contributed by atoms with Gasteiger partial charge in [0.2, 0.25) is 0 Å². The molecule has 1 aromatic carbocycles. The molecule has 1 atom stereocenters. The highest BCUT2D eigenvalue weighted by molar-refractivity contribution is 5.98. The first-order valence-electron chi connectivity index (χ1n) is 6.92. The molecule has 5 heteroatoms. The van der Waals surface area contributed by atoms with Crippen molar-refractivity contribution < 1.29 is 24.5 Å². The van der Waals surface area contributed by atoms with E-state index >= 15 is 0 Å². The van der Waals surface area contributed by atoms with Crippen LogP contribution in [0.3, 0.4) is 0 Å². The molecule has 1 heterocycles. The second kappa shape index (κ2) is 6.43. The Labute approximate surface area is 122 Å². The van der Waals surface area contributed by atoms with Gasteiger partial charge in [-0.1, -0.05) is 6.08 Å². The molecular formula is C16H18O5. The van der Waals surface area contributed by atoms with Crippen molar-refractivity contribution in [2.75, 3.05) is 0 Å². The second-order valence-electron chi connectivity index (χ2n) is 5.19. The van der Waals surface area contributed by atoms with E-state index in [4.69, 9.17) is 4.74 Å². The predicted octanol–water partition coefficient (Wildman–Crippen LogP) is 2.49. The molecule has 112 valence electrons. The lowest BCUT2D eigenvalue weighted by Gasteiger charge is -2.16. The van der Waals surface area contributed by atoms with Crippen LogP contribution in [0.15, 0.2) is 24.3 Å². The molecule has 2 rings (SSSR count). The van der Waals surface area contributed by atoms with Crippen LogP contribution in [-0.2, 0) is 16.0 Å². The zero-order valence-electron chi connectivity index (χ0n) is 11.8. The SMILES string of the molecule is CC1CCCC=CC(=O)Cc2cc(O)cc(O)c2C(=O)O1. The zero-order chi connectivity index (χ0) is 15.4. The number of ether oxygens (including phenoxy) is 1. The molecule has 0 amide bonds. The molecular weight excluding hydrogens is 272 g/mol. The fourth-order valence-corrected chi connectivity index (χ4v) is 2.33. The lowest BCUT2D eigenvalue weighted by molar-refractivity contribution is -0.114. The van der Waals surface area contributed by atoms with Gasteiger partial charge in [-0.3, -0.25) is 4.79 Å². The molecule has 5 nitrogen and oxygen atoms in total. The summed E-state index contributed by atoms with van der Waals surface area (Å²) in [6, 6.07) is 2.37. The maximum Gasteiger partial charge on any atom is 0.342 e. The first kappa shape index (κ1) is 15.1. The number of phenolic OH excluding ortho intramolecular Hbond substituents is 2. The average molecular weight is 290 g/mol. The maximum absolute atomic E-state index is 12.2. The summed E-state index contributed by atoms with van der Waals surface area (Å²) >= 11 is 0. The highest BCUT2D eigenvalue weighted by Gasteiger charge is 2.22. The second-order valence-corrected chi connectivity index (χ2v) is 5.19. The normalized spacial score (nSPS) is 20.1. The monoisotopic (exact) mass is 290 g/mol. The summed E-state index contributed by atoms with van der Waals surface area (Å²) in [5, 5.41) is 19.4. The molecule has 0 aliphatic carbocycles. The number of hydrogen-bond acceptors (Lipinski definition) is 5. The van der Waals surface area contributed by atoms with E-state index in [9.17, 15) is 19.8 Å².